The fourth-order valence-electron chi connectivity index (χ4n) is 2.26. The molecule has 0 radical (unpaired) electrons. The van der Waals surface area contributed by atoms with Crippen LogP contribution in [0.15, 0.2) is 6.07 Å². The van der Waals surface area contributed by atoms with Gasteiger partial charge in [-0.15, -0.1) is 0 Å². The van der Waals surface area contributed by atoms with Gasteiger partial charge in [0.1, 0.15) is 31.3 Å². The first-order valence-electron chi connectivity index (χ1n) is 7.69. The lowest BCUT2D eigenvalue weighted by atomic mass is 10.1. The van der Waals surface area contributed by atoms with Crippen molar-refractivity contribution in [1.29, 1.82) is 10.5 Å². The Morgan fingerprint density at radius 1 is 1.14 bits per heavy atom. The van der Waals surface area contributed by atoms with Crippen LogP contribution in [0.3, 0.4) is 0 Å². The SMILES string of the molecule is [C-]#[N+]/C(C#N)=c1/cc(OCCOS(=O)(=O)O)/c(=C(\C#N)[N+]#[C-])c(C)c1OCCO. The molecule has 0 bridgehead atoms. The molecule has 0 aliphatic rings. The molecule has 1 rings (SSSR count). The highest BCUT2D eigenvalue weighted by Gasteiger charge is 2.16. The van der Waals surface area contributed by atoms with Gasteiger partial charge in [-0.1, -0.05) is 0 Å². The quantitative estimate of drug-likeness (QED) is 0.327. The number of benzene rings is 1. The lowest BCUT2D eigenvalue weighted by Crippen LogP contribution is -2.25. The van der Waals surface area contributed by atoms with Crippen LogP contribution in [0.2, 0.25) is 0 Å². The Bertz CT molecular complexity index is 1150. The van der Waals surface area contributed by atoms with Gasteiger partial charge in [-0.25, -0.2) is 24.4 Å². The van der Waals surface area contributed by atoms with Gasteiger partial charge < -0.3 is 14.6 Å². The molecule has 0 aliphatic carbocycles. The van der Waals surface area contributed by atoms with Crippen LogP contribution in [0.25, 0.3) is 21.1 Å². The molecule has 12 heteroatoms. The molecule has 0 atom stereocenters. The van der Waals surface area contributed by atoms with Crippen molar-refractivity contribution in [2.24, 2.45) is 0 Å². The third-order valence-corrected chi connectivity index (χ3v) is 3.78. The van der Waals surface area contributed by atoms with Gasteiger partial charge in [0.2, 0.25) is 0 Å². The maximum absolute atomic E-state index is 10.6. The van der Waals surface area contributed by atoms with Crippen molar-refractivity contribution >= 4 is 21.8 Å². The van der Waals surface area contributed by atoms with Crippen molar-refractivity contribution in [3.8, 4) is 23.6 Å². The number of ether oxygens (including phenoxy) is 2. The summed E-state index contributed by atoms with van der Waals surface area (Å²) in [6.45, 7) is 14.3. The highest BCUT2D eigenvalue weighted by atomic mass is 32.3. The number of aliphatic hydroxyl groups is 1. The molecule has 0 aliphatic heterocycles. The van der Waals surface area contributed by atoms with Gasteiger partial charge in [-0.05, 0) is 18.6 Å². The molecule has 0 unspecified atom stereocenters. The molecule has 0 saturated carbocycles. The number of hydrogen-bond acceptors (Lipinski definition) is 8. The summed E-state index contributed by atoms with van der Waals surface area (Å²) in [5.41, 5.74) is -0.548. The van der Waals surface area contributed by atoms with Crippen LogP contribution in [-0.2, 0) is 14.6 Å². The fourth-order valence-corrected chi connectivity index (χ4v) is 2.54. The predicted octanol–water partition coefficient (Wildman–Crippen LogP) is -0.334. The summed E-state index contributed by atoms with van der Waals surface area (Å²) < 4.78 is 44.8. The topological polar surface area (TPSA) is 159 Å². The summed E-state index contributed by atoms with van der Waals surface area (Å²) in [5, 5.41) is 27.5. The molecular weight excluding hydrogens is 404 g/mol. The largest absolute Gasteiger partial charge is 0.492 e. The van der Waals surface area contributed by atoms with Crippen LogP contribution in [0.4, 0.5) is 0 Å². The number of nitrogens with zero attached hydrogens (tertiary/aromatic N) is 4. The normalized spacial score (nSPS) is 12.5. The Morgan fingerprint density at radius 2 is 1.76 bits per heavy atom. The van der Waals surface area contributed by atoms with E-state index >= 15 is 0 Å². The Labute approximate surface area is 166 Å². The number of aliphatic hydroxyl groups excluding tert-OH is 1. The minimum Gasteiger partial charge on any atom is -0.492 e. The van der Waals surface area contributed by atoms with Crippen molar-refractivity contribution in [2.75, 3.05) is 26.4 Å². The molecule has 2 N–H and O–H groups in total. The molecule has 29 heavy (non-hydrogen) atoms. The second-order valence-corrected chi connectivity index (χ2v) is 6.16. The van der Waals surface area contributed by atoms with Gasteiger partial charge in [0.15, 0.2) is 0 Å². The lowest BCUT2D eigenvalue weighted by molar-refractivity contribution is 0.196. The molecule has 0 saturated heterocycles. The maximum Gasteiger partial charge on any atom is 0.397 e. The van der Waals surface area contributed by atoms with Gasteiger partial charge in [-0.3, -0.25) is 4.55 Å². The molecule has 0 fully saturated rings. The van der Waals surface area contributed by atoms with Crippen molar-refractivity contribution in [2.45, 2.75) is 6.92 Å². The van der Waals surface area contributed by atoms with E-state index in [9.17, 15) is 18.9 Å². The molecule has 1 aromatic carbocycles. The van der Waals surface area contributed by atoms with Crippen LogP contribution in [-0.4, -0.2) is 44.5 Å². The van der Waals surface area contributed by atoms with E-state index in [-0.39, 0.29) is 52.1 Å². The number of hydrogen-bond donors (Lipinski definition) is 2. The Balaban J connectivity index is 3.79. The summed E-state index contributed by atoms with van der Waals surface area (Å²) in [6, 6.07) is 4.60. The number of nitriles is 2. The van der Waals surface area contributed by atoms with Crippen LogP contribution in [0.5, 0.6) is 11.5 Å². The minimum atomic E-state index is -4.69. The third kappa shape index (κ3) is 6.18. The van der Waals surface area contributed by atoms with E-state index in [4.69, 9.17) is 32.3 Å². The molecule has 0 aromatic heterocycles. The first-order valence-corrected chi connectivity index (χ1v) is 9.06. The van der Waals surface area contributed by atoms with Gasteiger partial charge in [0.05, 0.1) is 31.9 Å². The predicted molar refractivity (Wildman–Crippen MR) is 97.3 cm³/mol. The summed E-state index contributed by atoms with van der Waals surface area (Å²) in [4.78, 5) is 6.23. The van der Waals surface area contributed by atoms with Crippen LogP contribution in [0, 0.1) is 42.7 Å². The number of rotatable bonds is 8. The lowest BCUT2D eigenvalue weighted by Gasteiger charge is -2.15. The average Bonchev–Trinajstić information content (AvgIpc) is 2.67. The molecule has 1 aromatic rings. The van der Waals surface area contributed by atoms with Gasteiger partial charge in [0, 0.05) is 10.4 Å². The zero-order chi connectivity index (χ0) is 22.0. The summed E-state index contributed by atoms with van der Waals surface area (Å²) in [5.74, 6) is -0.0868. The van der Waals surface area contributed by atoms with E-state index in [1.165, 1.54) is 13.0 Å². The Kier molecular flexibility index (Phi) is 8.57. The van der Waals surface area contributed by atoms with E-state index < -0.39 is 23.6 Å². The molecule has 0 amide bonds. The smallest absolute Gasteiger partial charge is 0.397 e. The summed E-state index contributed by atoms with van der Waals surface area (Å²) in [7, 11) is -4.69. The van der Waals surface area contributed by atoms with E-state index in [2.05, 4.69) is 13.9 Å². The average molecular weight is 418 g/mol. The zero-order valence-corrected chi connectivity index (χ0v) is 15.9. The van der Waals surface area contributed by atoms with E-state index in [0.717, 1.165) is 0 Å². The first kappa shape index (κ1) is 23.4. The van der Waals surface area contributed by atoms with E-state index in [1.54, 1.807) is 12.1 Å². The molecule has 0 spiro atoms. The van der Waals surface area contributed by atoms with E-state index in [1.807, 2.05) is 0 Å². The van der Waals surface area contributed by atoms with Crippen molar-refractivity contribution in [1.82, 2.24) is 0 Å². The molecular formula is C17H14N4O7S. The second-order valence-electron chi connectivity index (χ2n) is 5.07. The standard InChI is InChI=1S/C17H14N4O7S/c1-11-16(14(10-19)21-3)15(26-6-7-28-29(23,24)25)8-12(13(9-18)20-2)17(11)27-5-4-22/h8,22H,4-7H2,1H3,(H,23,24,25)/b13-12-,16-14+. The Hall–Kier alpha value is -3.65. The van der Waals surface area contributed by atoms with Crippen LogP contribution < -0.4 is 19.9 Å². The maximum atomic E-state index is 10.6. The van der Waals surface area contributed by atoms with Crippen molar-refractivity contribution < 1.29 is 31.7 Å². The van der Waals surface area contributed by atoms with Crippen molar-refractivity contribution in [3.05, 3.63) is 44.9 Å². The van der Waals surface area contributed by atoms with Gasteiger partial charge >= 0.3 is 10.4 Å². The molecule has 0 heterocycles. The van der Waals surface area contributed by atoms with Crippen LogP contribution >= 0.6 is 0 Å². The minimum absolute atomic E-state index is 0.00479. The molecule has 11 nitrogen and oxygen atoms in total. The Morgan fingerprint density at radius 3 is 2.24 bits per heavy atom. The summed E-state index contributed by atoms with van der Waals surface area (Å²) in [6.07, 6.45) is 0. The van der Waals surface area contributed by atoms with Crippen molar-refractivity contribution in [3.63, 3.8) is 0 Å². The van der Waals surface area contributed by atoms with Crippen LogP contribution in [0.1, 0.15) is 5.56 Å². The highest BCUT2D eigenvalue weighted by molar-refractivity contribution is 7.80. The third-order valence-electron chi connectivity index (χ3n) is 3.32. The second kappa shape index (κ2) is 10.6. The van der Waals surface area contributed by atoms with E-state index in [0.29, 0.717) is 0 Å². The fraction of sp³-hybridized carbons (Fsp3) is 0.294. The highest BCUT2D eigenvalue weighted by Crippen LogP contribution is 2.17. The van der Waals surface area contributed by atoms with Gasteiger partial charge in [-0.2, -0.15) is 8.42 Å². The van der Waals surface area contributed by atoms with Gasteiger partial charge in [0.25, 0.3) is 11.4 Å². The molecule has 150 valence electrons. The zero-order valence-electron chi connectivity index (χ0n) is 15.0. The first-order chi connectivity index (χ1) is 13.7. The monoisotopic (exact) mass is 418 g/mol. The summed E-state index contributed by atoms with van der Waals surface area (Å²) >= 11 is 0.